The SMILES string of the molecule is C=Cc1ccc2c(c1)CCc1cc(C=C)ccc1N2CCCCCC. The first-order valence-electron chi connectivity index (χ1n) is 9.55. The van der Waals surface area contributed by atoms with E-state index < -0.39 is 0 Å². The highest BCUT2D eigenvalue weighted by Crippen LogP contribution is 2.37. The lowest BCUT2D eigenvalue weighted by molar-refractivity contribution is 0.668. The molecule has 0 saturated heterocycles. The molecule has 0 N–H and O–H groups in total. The Labute approximate surface area is 152 Å². The monoisotopic (exact) mass is 331 g/mol. The molecule has 0 spiro atoms. The Morgan fingerprint density at radius 3 is 1.88 bits per heavy atom. The van der Waals surface area contributed by atoms with Crippen LogP contribution >= 0.6 is 0 Å². The molecule has 0 aliphatic carbocycles. The zero-order valence-corrected chi connectivity index (χ0v) is 15.4. The first-order valence-corrected chi connectivity index (χ1v) is 9.55. The average molecular weight is 332 g/mol. The molecular weight excluding hydrogens is 302 g/mol. The topological polar surface area (TPSA) is 3.24 Å². The minimum atomic E-state index is 1.08. The maximum atomic E-state index is 3.93. The van der Waals surface area contributed by atoms with E-state index >= 15 is 0 Å². The van der Waals surface area contributed by atoms with Crippen LogP contribution in [0.3, 0.4) is 0 Å². The van der Waals surface area contributed by atoms with E-state index in [4.69, 9.17) is 0 Å². The zero-order chi connectivity index (χ0) is 17.6. The van der Waals surface area contributed by atoms with E-state index in [2.05, 4.69) is 61.4 Å². The van der Waals surface area contributed by atoms with Crippen LogP contribution in [0.1, 0.15) is 54.9 Å². The van der Waals surface area contributed by atoms with Crippen molar-refractivity contribution in [3.63, 3.8) is 0 Å². The fourth-order valence-corrected chi connectivity index (χ4v) is 3.73. The number of hydrogen-bond acceptors (Lipinski definition) is 1. The molecule has 0 atom stereocenters. The smallest absolute Gasteiger partial charge is 0.0443 e. The van der Waals surface area contributed by atoms with Gasteiger partial charge in [0.2, 0.25) is 0 Å². The van der Waals surface area contributed by atoms with Gasteiger partial charge in [0.05, 0.1) is 0 Å². The third-order valence-electron chi connectivity index (χ3n) is 5.16. The lowest BCUT2D eigenvalue weighted by Crippen LogP contribution is -2.19. The van der Waals surface area contributed by atoms with Crippen molar-refractivity contribution in [3.05, 3.63) is 71.8 Å². The highest BCUT2D eigenvalue weighted by Gasteiger charge is 2.20. The van der Waals surface area contributed by atoms with Gasteiger partial charge in [-0.05, 0) is 65.8 Å². The van der Waals surface area contributed by atoms with Crippen molar-refractivity contribution in [1.82, 2.24) is 0 Å². The van der Waals surface area contributed by atoms with Gasteiger partial charge in [-0.2, -0.15) is 0 Å². The van der Waals surface area contributed by atoms with Crippen LogP contribution in [0.4, 0.5) is 11.4 Å². The fourth-order valence-electron chi connectivity index (χ4n) is 3.73. The number of nitrogens with zero attached hydrogens (tertiary/aromatic N) is 1. The second-order valence-corrected chi connectivity index (χ2v) is 6.90. The normalized spacial score (nSPS) is 12.9. The van der Waals surface area contributed by atoms with E-state index in [9.17, 15) is 0 Å². The van der Waals surface area contributed by atoms with E-state index in [-0.39, 0.29) is 0 Å². The van der Waals surface area contributed by atoms with Crippen molar-refractivity contribution in [1.29, 1.82) is 0 Å². The predicted octanol–water partition coefficient (Wildman–Crippen LogP) is 6.79. The molecule has 1 heteroatoms. The summed E-state index contributed by atoms with van der Waals surface area (Å²) in [5, 5.41) is 0. The molecule has 2 aromatic rings. The van der Waals surface area contributed by atoms with E-state index in [0.29, 0.717) is 0 Å². The second-order valence-electron chi connectivity index (χ2n) is 6.90. The summed E-state index contributed by atoms with van der Waals surface area (Å²) in [4.78, 5) is 2.53. The van der Waals surface area contributed by atoms with Gasteiger partial charge >= 0.3 is 0 Å². The van der Waals surface area contributed by atoms with E-state index in [1.54, 1.807) is 0 Å². The van der Waals surface area contributed by atoms with Gasteiger partial charge in [-0.25, -0.2) is 0 Å². The first kappa shape index (κ1) is 17.5. The Morgan fingerprint density at radius 1 is 0.840 bits per heavy atom. The third-order valence-corrected chi connectivity index (χ3v) is 5.16. The van der Waals surface area contributed by atoms with Gasteiger partial charge in [0.1, 0.15) is 0 Å². The molecule has 1 aliphatic heterocycles. The lowest BCUT2D eigenvalue weighted by atomic mass is 10.0. The minimum absolute atomic E-state index is 1.08. The summed E-state index contributed by atoms with van der Waals surface area (Å²) in [6.07, 6.45) is 11.2. The van der Waals surface area contributed by atoms with Crippen LogP contribution in [-0.2, 0) is 12.8 Å². The molecule has 0 unspecified atom stereocenters. The molecule has 0 bridgehead atoms. The van der Waals surface area contributed by atoms with Crippen LogP contribution < -0.4 is 4.90 Å². The molecule has 0 saturated carbocycles. The molecule has 1 aliphatic rings. The van der Waals surface area contributed by atoms with Gasteiger partial charge in [-0.1, -0.05) is 63.6 Å². The fraction of sp³-hybridized carbons (Fsp3) is 0.333. The van der Waals surface area contributed by atoms with Crippen molar-refractivity contribution in [2.24, 2.45) is 0 Å². The lowest BCUT2D eigenvalue weighted by Gasteiger charge is -2.27. The van der Waals surface area contributed by atoms with E-state index in [1.807, 2.05) is 12.2 Å². The minimum Gasteiger partial charge on any atom is -0.341 e. The molecule has 0 aromatic heterocycles. The molecule has 0 radical (unpaired) electrons. The number of benzene rings is 2. The largest absolute Gasteiger partial charge is 0.341 e. The number of hydrogen-bond donors (Lipinski definition) is 0. The summed E-state index contributed by atoms with van der Waals surface area (Å²) in [7, 11) is 0. The van der Waals surface area contributed by atoms with Crippen LogP contribution in [0.2, 0.25) is 0 Å². The average Bonchev–Trinajstić information content (AvgIpc) is 2.81. The highest BCUT2D eigenvalue weighted by atomic mass is 15.1. The van der Waals surface area contributed by atoms with E-state index in [0.717, 1.165) is 19.4 Å². The summed E-state index contributed by atoms with van der Waals surface area (Å²) in [5.74, 6) is 0. The van der Waals surface area contributed by atoms with Crippen LogP contribution in [-0.4, -0.2) is 6.54 Å². The molecule has 0 fully saturated rings. The first-order chi connectivity index (χ1) is 12.3. The van der Waals surface area contributed by atoms with Gasteiger partial charge in [0.15, 0.2) is 0 Å². The highest BCUT2D eigenvalue weighted by molar-refractivity contribution is 5.74. The zero-order valence-electron chi connectivity index (χ0n) is 15.4. The number of anilines is 2. The van der Waals surface area contributed by atoms with Gasteiger partial charge < -0.3 is 4.90 Å². The Balaban J connectivity index is 1.99. The molecule has 1 nitrogen and oxygen atoms in total. The second kappa shape index (κ2) is 8.20. The van der Waals surface area contributed by atoms with Crippen molar-refractivity contribution in [3.8, 4) is 0 Å². The van der Waals surface area contributed by atoms with Crippen molar-refractivity contribution in [2.75, 3.05) is 11.4 Å². The van der Waals surface area contributed by atoms with Crippen LogP contribution in [0.15, 0.2) is 49.6 Å². The molecule has 3 rings (SSSR count). The van der Waals surface area contributed by atoms with Gasteiger partial charge in [0, 0.05) is 17.9 Å². The molecule has 2 aromatic carbocycles. The van der Waals surface area contributed by atoms with E-state index in [1.165, 1.54) is 59.3 Å². The van der Waals surface area contributed by atoms with Crippen molar-refractivity contribution < 1.29 is 0 Å². The summed E-state index contributed by atoms with van der Waals surface area (Å²) in [6, 6.07) is 13.6. The number of aryl methyl sites for hydroxylation is 2. The Morgan fingerprint density at radius 2 is 1.40 bits per heavy atom. The maximum absolute atomic E-state index is 3.93. The Kier molecular flexibility index (Phi) is 5.75. The third kappa shape index (κ3) is 3.87. The summed E-state index contributed by atoms with van der Waals surface area (Å²) in [6.45, 7) is 11.2. The molecular formula is C24H29N. The molecule has 0 amide bonds. The van der Waals surface area contributed by atoms with Gasteiger partial charge in [-0.3, -0.25) is 0 Å². The Hall–Kier alpha value is -2.28. The Bertz CT molecular complexity index is 697. The summed E-state index contributed by atoms with van der Waals surface area (Å²) >= 11 is 0. The van der Waals surface area contributed by atoms with Crippen LogP contribution in [0.5, 0.6) is 0 Å². The van der Waals surface area contributed by atoms with Crippen LogP contribution in [0.25, 0.3) is 12.2 Å². The number of rotatable bonds is 7. The van der Waals surface area contributed by atoms with Gasteiger partial charge in [-0.15, -0.1) is 0 Å². The summed E-state index contributed by atoms with van der Waals surface area (Å²) < 4.78 is 0. The molecule has 25 heavy (non-hydrogen) atoms. The number of unbranched alkanes of at least 4 members (excludes halogenated alkanes) is 3. The molecule has 1 heterocycles. The molecule has 130 valence electrons. The number of fused-ring (bicyclic) bond motifs is 2. The quantitative estimate of drug-likeness (QED) is 0.505. The predicted molar refractivity (Wildman–Crippen MR) is 112 cm³/mol. The van der Waals surface area contributed by atoms with Crippen molar-refractivity contribution >= 4 is 23.5 Å². The standard InChI is InChI=1S/C24H29N/c1-4-7-8-9-16-25-23-14-10-19(5-2)17-21(23)12-13-22-18-20(6-3)11-15-24(22)25/h5-6,10-11,14-15,17-18H,2-4,7-9,12-13,16H2,1H3. The van der Waals surface area contributed by atoms with Crippen molar-refractivity contribution in [2.45, 2.75) is 45.4 Å². The maximum Gasteiger partial charge on any atom is 0.0443 e. The van der Waals surface area contributed by atoms with Crippen LogP contribution in [0, 0.1) is 0 Å². The van der Waals surface area contributed by atoms with Gasteiger partial charge in [0.25, 0.3) is 0 Å². The summed E-state index contributed by atoms with van der Waals surface area (Å²) in [5.41, 5.74) is 8.03.